The van der Waals surface area contributed by atoms with Crippen LogP contribution in [-0.2, 0) is 80.0 Å². The zero-order chi connectivity index (χ0) is 77.5. The second kappa shape index (κ2) is 50.1. The summed E-state index contributed by atoms with van der Waals surface area (Å²) in [6.07, 6.45) is 17.3. The van der Waals surface area contributed by atoms with Crippen molar-refractivity contribution < 1.29 is 77.3 Å². The van der Waals surface area contributed by atoms with Crippen LogP contribution in [0, 0.1) is 37.0 Å². The van der Waals surface area contributed by atoms with E-state index in [-0.39, 0.29) is 165 Å². The molecular formula is C71H103N17O16. The van der Waals surface area contributed by atoms with Crippen molar-refractivity contribution in [2.75, 3.05) is 32.8 Å². The summed E-state index contributed by atoms with van der Waals surface area (Å²) in [7, 11) is 0. The minimum absolute atomic E-state index is 0.0248. The highest BCUT2D eigenvalue weighted by molar-refractivity contribution is 5.99. The predicted octanol–water partition coefficient (Wildman–Crippen LogP) is -3.26. The lowest BCUT2D eigenvalue weighted by Crippen LogP contribution is -2.61. The second-order valence-corrected chi connectivity index (χ2v) is 24.6. The molecule has 33 nitrogen and oxygen atoms in total. The number of unbranched alkanes of at least 4 members (excludes halogenated alkanes) is 3. The molecule has 0 heterocycles. The van der Waals surface area contributed by atoms with Gasteiger partial charge in [0.1, 0.15) is 66.2 Å². The highest BCUT2D eigenvalue weighted by Gasteiger charge is 2.35. The number of hydrogen-bond acceptors (Lipinski definition) is 17. The maximum Gasteiger partial charge on any atom is 0.245 e. The van der Waals surface area contributed by atoms with Crippen molar-refractivity contribution in [1.82, 2.24) is 69.1 Å². The summed E-state index contributed by atoms with van der Waals surface area (Å²) in [6, 6.07) is -0.300. The number of phenols is 1. The van der Waals surface area contributed by atoms with Gasteiger partial charge in [-0.3, -0.25) is 72.1 Å². The summed E-state index contributed by atoms with van der Waals surface area (Å²) < 4.78 is 0. The highest BCUT2D eigenvalue weighted by atomic mass is 16.3. The predicted molar refractivity (Wildman–Crippen MR) is 385 cm³/mol. The number of nitrogens with two attached hydrogens (primary N) is 3. The van der Waals surface area contributed by atoms with Gasteiger partial charge in [-0.25, -0.2) is 0 Å². The third-order valence-electron chi connectivity index (χ3n) is 15.8. The van der Waals surface area contributed by atoms with Crippen LogP contribution < -0.4 is 86.3 Å². The Balaban J connectivity index is 2.69. The van der Waals surface area contributed by atoms with Gasteiger partial charge in [0.25, 0.3) is 0 Å². The van der Waals surface area contributed by atoms with Gasteiger partial charge in [-0.2, -0.15) is 0 Å². The van der Waals surface area contributed by atoms with Crippen LogP contribution in [0.1, 0.15) is 148 Å². The molecule has 0 radical (unpaired) electrons. The van der Waals surface area contributed by atoms with Gasteiger partial charge in [-0.1, -0.05) is 42.5 Å². The number of benzene rings is 2. The van der Waals surface area contributed by atoms with Gasteiger partial charge >= 0.3 is 0 Å². The lowest BCUT2D eigenvalue weighted by Gasteiger charge is -2.28. The van der Waals surface area contributed by atoms with E-state index in [1.54, 1.807) is 30.3 Å². The number of nitrogens with one attached hydrogen (secondary N) is 13. The molecule has 568 valence electrons. The number of carbonyl (C=O) groups is 14. The molecule has 0 saturated heterocycles. The van der Waals surface area contributed by atoms with Crippen LogP contribution in [0.25, 0.3) is 0 Å². The largest absolute Gasteiger partial charge is 0.508 e. The average Bonchev–Trinajstić information content (AvgIpc) is 0.856. The maximum atomic E-state index is 15.1. The Hall–Kier alpha value is -11.3. The number of aliphatic hydroxyl groups is 1. The second-order valence-electron chi connectivity index (χ2n) is 24.6. The third-order valence-corrected chi connectivity index (χ3v) is 15.8. The zero-order valence-electron chi connectivity index (χ0n) is 59.5. The normalized spacial score (nSPS) is 13.5. The Morgan fingerprint density at radius 3 is 1.12 bits per heavy atom. The van der Waals surface area contributed by atoms with Gasteiger partial charge < -0.3 is 96.5 Å². The minimum Gasteiger partial charge on any atom is -0.508 e. The molecule has 0 aliphatic heterocycles. The summed E-state index contributed by atoms with van der Waals surface area (Å²) in [4.78, 5) is 193. The third kappa shape index (κ3) is 37.4. The van der Waals surface area contributed by atoms with E-state index in [9.17, 15) is 72.5 Å². The molecule has 0 aliphatic rings. The standard InChI is InChI=1S/C71H103N17O16/c1-8-11-30-58(92)75-37-20-17-26-51(82-62(96)45(5)79-47(7)90)64(98)84-54(29-23-40-78-71(73)74)66(100)87-56(42-49-33-35-50(91)36-34-49)69(103)85-53(28-19-22-39-77-60(94)32-13-10-3)65(99)86-55(41-48-24-15-14-16-25-48)68(102)81-46(6)63(97)83-52(27-18-21-38-76-59(93)31-12-9-2)67(101)88-57(43-89)70(104)80-44(4)61(72)95/h1-3,14-16,24-25,33-36,44-46,51-57,89,91H,11-13,17-23,26-32,37-43H2,4-7H3,(H2,72,95)(H,75,92)(H,76,93)(H,77,94)(H,79,90)(H,80,104)(H,81,102)(H,82,96)(H,83,97)(H,84,98)(H,85,103)(H,86,99)(H,87,100)(H,88,101)(H4,73,74,78)/t44-,45-,46-,51-,52-,53-,54-,55-,56-,57-/m0/s1. The quantitative estimate of drug-likeness (QED) is 0.0134. The lowest BCUT2D eigenvalue weighted by molar-refractivity contribution is -0.136. The Bertz CT molecular complexity index is 3350. The van der Waals surface area contributed by atoms with Crippen molar-refractivity contribution in [2.45, 2.75) is 210 Å². The number of aromatic hydroxyl groups is 1. The van der Waals surface area contributed by atoms with Crippen molar-refractivity contribution in [3.8, 4) is 42.8 Å². The summed E-state index contributed by atoms with van der Waals surface area (Å²) >= 11 is 0. The molecule has 0 spiro atoms. The van der Waals surface area contributed by atoms with Gasteiger partial charge in [-0.15, -0.1) is 37.0 Å². The van der Waals surface area contributed by atoms with Crippen LogP contribution in [0.15, 0.2) is 59.6 Å². The summed E-state index contributed by atoms with van der Waals surface area (Å²) in [5, 5.41) is 54.2. The number of aliphatic hydroxyl groups excluding tert-OH is 1. The molecule has 2 rings (SSSR count). The first kappa shape index (κ1) is 88.8. The van der Waals surface area contributed by atoms with E-state index in [0.717, 1.165) is 0 Å². The first-order valence-corrected chi connectivity index (χ1v) is 34.4. The van der Waals surface area contributed by atoms with Crippen LogP contribution in [-0.4, -0.2) is 192 Å². The number of hydrogen-bond donors (Lipinski definition) is 18. The van der Waals surface area contributed by atoms with Gasteiger partial charge in [-0.05, 0) is 115 Å². The number of amides is 14. The van der Waals surface area contributed by atoms with E-state index in [2.05, 4.69) is 91.9 Å². The van der Waals surface area contributed by atoms with Gasteiger partial charge in [0.15, 0.2) is 5.96 Å². The first-order valence-electron chi connectivity index (χ1n) is 34.4. The molecule has 2 aromatic rings. The van der Waals surface area contributed by atoms with E-state index >= 15 is 4.79 Å². The maximum absolute atomic E-state index is 15.1. The fraction of sp³-hybridized carbons (Fsp3) is 0.535. The number of nitrogens with zero attached hydrogens (tertiary/aromatic N) is 1. The van der Waals surface area contributed by atoms with Crippen LogP contribution in [0.2, 0.25) is 0 Å². The molecule has 0 aliphatic carbocycles. The number of phenolic OH excluding ortho intramolecular Hbond substituents is 1. The molecule has 33 heteroatoms. The van der Waals surface area contributed by atoms with Gasteiger partial charge in [0, 0.05) is 84.5 Å². The van der Waals surface area contributed by atoms with E-state index in [1.807, 2.05) is 0 Å². The average molecular weight is 1450 g/mol. The Morgan fingerprint density at radius 2 is 0.740 bits per heavy atom. The summed E-state index contributed by atoms with van der Waals surface area (Å²) in [5.41, 5.74) is 17.4. The van der Waals surface area contributed by atoms with Gasteiger partial charge in [0.05, 0.1) is 6.61 Å². The summed E-state index contributed by atoms with van der Waals surface area (Å²) in [6.45, 7) is 4.66. The molecule has 2 aromatic carbocycles. The molecule has 10 atom stereocenters. The minimum atomic E-state index is -1.62. The van der Waals surface area contributed by atoms with Gasteiger partial charge in [0.2, 0.25) is 82.7 Å². The van der Waals surface area contributed by atoms with Crippen LogP contribution in [0.3, 0.4) is 0 Å². The first-order chi connectivity index (χ1) is 49.5. The fourth-order valence-corrected chi connectivity index (χ4v) is 9.93. The van der Waals surface area contributed by atoms with Crippen molar-refractivity contribution in [3.05, 3.63) is 65.7 Å². The molecule has 0 fully saturated rings. The fourth-order valence-electron chi connectivity index (χ4n) is 9.93. The molecule has 0 aromatic heterocycles. The van der Waals surface area contributed by atoms with Crippen molar-refractivity contribution >= 4 is 88.7 Å². The van der Waals surface area contributed by atoms with E-state index in [0.29, 0.717) is 24.0 Å². The molecule has 0 saturated carbocycles. The van der Waals surface area contributed by atoms with Crippen molar-refractivity contribution in [3.63, 3.8) is 0 Å². The summed E-state index contributed by atoms with van der Waals surface area (Å²) in [5.74, 6) is -3.88. The molecule has 0 unspecified atom stereocenters. The Labute approximate surface area is 606 Å². The van der Waals surface area contributed by atoms with E-state index in [1.165, 1.54) is 52.0 Å². The molecule has 104 heavy (non-hydrogen) atoms. The molecular weight excluding hydrogens is 1350 g/mol. The number of aliphatic imine (C=N–C) groups is 1. The number of carbonyl (C=O) groups excluding carboxylic acids is 14. The van der Waals surface area contributed by atoms with Crippen molar-refractivity contribution in [1.29, 1.82) is 0 Å². The monoisotopic (exact) mass is 1450 g/mol. The number of primary amides is 1. The Kier molecular flexibility index (Phi) is 42.8. The SMILES string of the molecule is C#CCCC(=O)NCCCC[C@H](NC(=O)[C@H](C)NC(=O)[C@H](Cc1ccccc1)NC(=O)[C@H](CCCCNC(=O)CCC#C)NC(=O)[C@H](Cc1ccc(O)cc1)NC(=O)[C@H](CCCN=C(N)N)NC(=O)[C@H](CCCCNC(=O)CCC#C)NC(=O)[C@H](C)NC(C)=O)C(=O)N[C@@H](CO)C(=O)N[C@@H](C)C(N)=O. The lowest BCUT2D eigenvalue weighted by atomic mass is 10.0. The van der Waals surface area contributed by atoms with Crippen LogP contribution in [0.4, 0.5) is 0 Å². The molecule has 21 N–H and O–H groups in total. The van der Waals surface area contributed by atoms with Crippen LogP contribution >= 0.6 is 0 Å². The topological polar surface area (TPSA) is 526 Å². The Morgan fingerprint density at radius 1 is 0.413 bits per heavy atom. The van der Waals surface area contributed by atoms with E-state index in [4.69, 9.17) is 36.5 Å². The molecule has 0 bridgehead atoms. The number of terminal acetylenes is 3. The van der Waals surface area contributed by atoms with Crippen molar-refractivity contribution in [2.24, 2.45) is 22.2 Å². The zero-order valence-corrected chi connectivity index (χ0v) is 59.5. The number of guanidine groups is 1. The molecule has 14 amide bonds. The van der Waals surface area contributed by atoms with Crippen LogP contribution in [0.5, 0.6) is 5.75 Å². The highest BCUT2D eigenvalue weighted by Crippen LogP contribution is 2.15. The smallest absolute Gasteiger partial charge is 0.245 e. The van der Waals surface area contributed by atoms with E-state index < -0.39 is 132 Å². The number of rotatable bonds is 50.